The lowest BCUT2D eigenvalue weighted by Crippen LogP contribution is -2.40. The predicted octanol–water partition coefficient (Wildman–Crippen LogP) is 1.23. The summed E-state index contributed by atoms with van der Waals surface area (Å²) in [5.74, 6) is -0.560. The van der Waals surface area contributed by atoms with Crippen LogP contribution in [0, 0.1) is 5.82 Å². The van der Waals surface area contributed by atoms with Gasteiger partial charge in [0.05, 0.1) is 0 Å². The molecule has 1 aliphatic rings. The van der Waals surface area contributed by atoms with Crippen LogP contribution in [0.2, 0.25) is 0 Å². The Bertz CT molecular complexity index is 422. The van der Waals surface area contributed by atoms with E-state index in [1.165, 1.54) is 19.1 Å². The van der Waals surface area contributed by atoms with Crippen molar-refractivity contribution in [3.05, 3.63) is 29.6 Å². The molecule has 2 rings (SSSR count). The standard InChI is InChI=1S/C11H12FNO3/c1-7(14)13-11(15)5-3-8-2-4-9(12)6-10(8)16-13/h2,4,6,11,15H,3,5H2,1H3. The van der Waals surface area contributed by atoms with Crippen LogP contribution in [0.25, 0.3) is 0 Å². The number of aliphatic hydroxyl groups is 1. The maximum absolute atomic E-state index is 13.0. The van der Waals surface area contributed by atoms with Crippen molar-refractivity contribution in [3.8, 4) is 5.75 Å². The van der Waals surface area contributed by atoms with Crippen molar-refractivity contribution in [1.82, 2.24) is 5.06 Å². The molecule has 1 unspecified atom stereocenters. The summed E-state index contributed by atoms with van der Waals surface area (Å²) >= 11 is 0. The molecule has 5 heteroatoms. The van der Waals surface area contributed by atoms with Crippen molar-refractivity contribution in [3.63, 3.8) is 0 Å². The van der Waals surface area contributed by atoms with Crippen molar-refractivity contribution < 1.29 is 19.1 Å². The fourth-order valence-electron chi connectivity index (χ4n) is 1.66. The van der Waals surface area contributed by atoms with Crippen LogP contribution < -0.4 is 4.84 Å². The Morgan fingerprint density at radius 1 is 1.62 bits per heavy atom. The molecule has 1 aliphatic heterocycles. The van der Waals surface area contributed by atoms with Gasteiger partial charge in [-0.05, 0) is 24.5 Å². The molecule has 1 N–H and O–H groups in total. The van der Waals surface area contributed by atoms with Gasteiger partial charge in [0.2, 0.25) is 0 Å². The van der Waals surface area contributed by atoms with Gasteiger partial charge in [0.15, 0.2) is 12.0 Å². The highest BCUT2D eigenvalue weighted by Crippen LogP contribution is 2.27. The number of halogens is 1. The second kappa shape index (κ2) is 4.09. The summed E-state index contributed by atoms with van der Waals surface area (Å²) in [4.78, 5) is 16.4. The highest BCUT2D eigenvalue weighted by atomic mass is 19.1. The minimum absolute atomic E-state index is 0.284. The largest absolute Gasteiger partial charge is 0.374 e. The summed E-state index contributed by atoms with van der Waals surface area (Å²) in [7, 11) is 0. The molecule has 0 fully saturated rings. The minimum atomic E-state index is -0.993. The first-order chi connectivity index (χ1) is 7.58. The Balaban J connectivity index is 2.35. The molecule has 1 amide bonds. The molecule has 0 bridgehead atoms. The van der Waals surface area contributed by atoms with Gasteiger partial charge < -0.3 is 9.94 Å². The van der Waals surface area contributed by atoms with Crippen LogP contribution in [0.3, 0.4) is 0 Å². The number of carbonyl (C=O) groups excluding carboxylic acids is 1. The van der Waals surface area contributed by atoms with E-state index in [-0.39, 0.29) is 5.75 Å². The van der Waals surface area contributed by atoms with E-state index in [2.05, 4.69) is 0 Å². The summed E-state index contributed by atoms with van der Waals surface area (Å²) in [5, 5.41) is 10.5. The van der Waals surface area contributed by atoms with Crippen molar-refractivity contribution in [2.24, 2.45) is 0 Å². The van der Waals surface area contributed by atoms with E-state index in [1.54, 1.807) is 6.07 Å². The molecule has 0 aromatic heterocycles. The molecular formula is C11H12FNO3. The minimum Gasteiger partial charge on any atom is -0.374 e. The molecule has 0 spiro atoms. The topological polar surface area (TPSA) is 49.8 Å². The Hall–Kier alpha value is -1.62. The zero-order chi connectivity index (χ0) is 11.7. The monoisotopic (exact) mass is 225 g/mol. The van der Waals surface area contributed by atoms with Crippen LogP contribution in [-0.2, 0) is 11.2 Å². The summed E-state index contributed by atoms with van der Waals surface area (Å²) in [5.41, 5.74) is 0.782. The molecule has 1 aromatic rings. The summed E-state index contributed by atoms with van der Waals surface area (Å²) in [6.07, 6.45) is -0.0772. The van der Waals surface area contributed by atoms with Crippen molar-refractivity contribution in [2.45, 2.75) is 26.0 Å². The third-order valence-corrected chi connectivity index (χ3v) is 2.48. The van der Waals surface area contributed by atoms with Crippen LogP contribution in [0.15, 0.2) is 18.2 Å². The molecule has 86 valence electrons. The second-order valence-corrected chi connectivity index (χ2v) is 3.71. The summed E-state index contributed by atoms with van der Waals surface area (Å²) in [6.45, 7) is 1.29. The molecule has 0 saturated heterocycles. The van der Waals surface area contributed by atoms with E-state index < -0.39 is 18.0 Å². The van der Waals surface area contributed by atoms with E-state index in [0.717, 1.165) is 10.6 Å². The zero-order valence-corrected chi connectivity index (χ0v) is 8.81. The van der Waals surface area contributed by atoms with Gasteiger partial charge in [0.1, 0.15) is 5.82 Å². The van der Waals surface area contributed by atoms with Crippen LogP contribution >= 0.6 is 0 Å². The van der Waals surface area contributed by atoms with Gasteiger partial charge in [-0.2, -0.15) is 0 Å². The van der Waals surface area contributed by atoms with Crippen LogP contribution in [0.5, 0.6) is 5.75 Å². The number of nitrogens with zero attached hydrogens (tertiary/aromatic N) is 1. The average Bonchev–Trinajstić information content (AvgIpc) is 2.38. The van der Waals surface area contributed by atoms with Crippen molar-refractivity contribution >= 4 is 5.91 Å². The Morgan fingerprint density at radius 3 is 3.06 bits per heavy atom. The number of hydrogen-bond donors (Lipinski definition) is 1. The van der Waals surface area contributed by atoms with Gasteiger partial charge in [-0.1, -0.05) is 6.07 Å². The van der Waals surface area contributed by atoms with E-state index >= 15 is 0 Å². The number of rotatable bonds is 0. The van der Waals surface area contributed by atoms with E-state index in [1.807, 2.05) is 0 Å². The van der Waals surface area contributed by atoms with Gasteiger partial charge >= 0.3 is 0 Å². The number of aryl methyl sites for hydroxylation is 1. The van der Waals surface area contributed by atoms with E-state index in [4.69, 9.17) is 4.84 Å². The number of benzene rings is 1. The summed E-state index contributed by atoms with van der Waals surface area (Å²) in [6, 6.07) is 4.14. The Labute approximate surface area is 92.2 Å². The molecule has 0 radical (unpaired) electrons. The number of hydroxylamine groups is 2. The third kappa shape index (κ3) is 1.99. The first kappa shape index (κ1) is 10.9. The number of aliphatic hydroxyl groups excluding tert-OH is 1. The summed E-state index contributed by atoms with van der Waals surface area (Å²) < 4.78 is 13.0. The van der Waals surface area contributed by atoms with Crippen molar-refractivity contribution in [2.75, 3.05) is 0 Å². The van der Waals surface area contributed by atoms with Crippen LogP contribution in [-0.4, -0.2) is 22.3 Å². The van der Waals surface area contributed by atoms with E-state index in [0.29, 0.717) is 12.8 Å². The smallest absolute Gasteiger partial charge is 0.254 e. The third-order valence-electron chi connectivity index (χ3n) is 2.48. The van der Waals surface area contributed by atoms with Gasteiger partial charge in [0.25, 0.3) is 5.91 Å². The predicted molar refractivity (Wildman–Crippen MR) is 53.9 cm³/mol. The highest BCUT2D eigenvalue weighted by molar-refractivity contribution is 5.72. The Kier molecular flexibility index (Phi) is 2.78. The molecule has 0 saturated carbocycles. The lowest BCUT2D eigenvalue weighted by molar-refractivity contribution is -0.188. The van der Waals surface area contributed by atoms with Crippen LogP contribution in [0.4, 0.5) is 4.39 Å². The van der Waals surface area contributed by atoms with Gasteiger partial charge in [-0.15, -0.1) is 5.06 Å². The van der Waals surface area contributed by atoms with Gasteiger partial charge in [0, 0.05) is 13.0 Å². The van der Waals surface area contributed by atoms with E-state index in [9.17, 15) is 14.3 Å². The lowest BCUT2D eigenvalue weighted by Gasteiger charge is -2.23. The molecular weight excluding hydrogens is 213 g/mol. The molecule has 0 aliphatic carbocycles. The normalized spacial score (nSPS) is 19.7. The van der Waals surface area contributed by atoms with Crippen LogP contribution in [0.1, 0.15) is 18.9 Å². The van der Waals surface area contributed by atoms with Gasteiger partial charge in [-0.25, -0.2) is 4.39 Å². The molecule has 16 heavy (non-hydrogen) atoms. The quantitative estimate of drug-likeness (QED) is 0.722. The SMILES string of the molecule is CC(=O)N1Oc2cc(F)ccc2CCC1O. The fourth-order valence-corrected chi connectivity index (χ4v) is 1.66. The Morgan fingerprint density at radius 2 is 2.38 bits per heavy atom. The number of fused-ring (bicyclic) bond motifs is 1. The number of amides is 1. The second-order valence-electron chi connectivity index (χ2n) is 3.71. The number of carbonyl (C=O) groups is 1. The zero-order valence-electron chi connectivity index (χ0n) is 8.81. The molecule has 1 heterocycles. The maximum Gasteiger partial charge on any atom is 0.254 e. The molecule has 1 atom stereocenters. The molecule has 4 nitrogen and oxygen atoms in total. The molecule has 1 aromatic carbocycles. The number of hydrogen-bond acceptors (Lipinski definition) is 3. The highest BCUT2D eigenvalue weighted by Gasteiger charge is 2.25. The lowest BCUT2D eigenvalue weighted by atomic mass is 10.1. The average molecular weight is 225 g/mol. The van der Waals surface area contributed by atoms with Crippen molar-refractivity contribution in [1.29, 1.82) is 0 Å². The first-order valence-electron chi connectivity index (χ1n) is 5.02. The van der Waals surface area contributed by atoms with Gasteiger partial charge in [-0.3, -0.25) is 4.79 Å². The fraction of sp³-hybridized carbons (Fsp3) is 0.364. The maximum atomic E-state index is 13.0. The first-order valence-corrected chi connectivity index (χ1v) is 5.02.